The van der Waals surface area contributed by atoms with Crippen LogP contribution in [0, 0.1) is 0 Å². The molecule has 0 spiro atoms. The van der Waals surface area contributed by atoms with Crippen molar-refractivity contribution in [1.82, 2.24) is 0 Å². The molecule has 0 unspecified atom stereocenters. The quantitative estimate of drug-likeness (QED) is 0.345. The Hall–Kier alpha value is 3.00. The molecular formula is CFe2Li4O9P2. The van der Waals surface area contributed by atoms with E-state index in [4.69, 9.17) is 0 Å². The van der Waals surface area contributed by atoms with E-state index >= 15 is 0 Å². The maximum atomic E-state index is 9.89. The summed E-state index contributed by atoms with van der Waals surface area (Å²) in [4.78, 5) is 48.2. The Balaban J connectivity index is -0.0000000403. The summed E-state index contributed by atoms with van der Waals surface area (Å²) in [5, 5.41) is 0. The van der Waals surface area contributed by atoms with Gasteiger partial charge in [-0.2, -0.15) is 0 Å². The number of carbonyl (C=O) groups excluding carboxylic acids is 1. The predicted octanol–water partition coefficient (Wildman–Crippen LogP) is -15.2. The van der Waals surface area contributed by atoms with Crippen molar-refractivity contribution in [3.8, 4) is 0 Å². The van der Waals surface area contributed by atoms with Gasteiger partial charge in [0.05, 0.1) is 0 Å². The van der Waals surface area contributed by atoms with Crippen LogP contribution in [0.4, 0.5) is 4.79 Å². The molecular weight excluding hydrogens is 357 g/mol. The molecule has 0 aliphatic carbocycles. The molecule has 9 nitrogen and oxygen atoms in total. The van der Waals surface area contributed by atoms with E-state index in [1.165, 1.54) is 0 Å². The third kappa shape index (κ3) is 36.4. The normalized spacial score (nSPS) is 8.22. The van der Waals surface area contributed by atoms with Gasteiger partial charge in [0.15, 0.2) is 0 Å². The molecule has 0 aliphatic rings. The van der Waals surface area contributed by atoms with Crippen LogP contribution in [0.1, 0.15) is 0 Å². The maximum absolute atomic E-state index is 9.89. The largest absolute Gasteiger partial charge is 1.00 e. The monoisotopic (exact) mass is 358 g/mol. The summed E-state index contributed by atoms with van der Waals surface area (Å²) in [6.07, 6.45) is -2.39. The number of hydrogen-bond acceptors (Lipinski definition) is 9. The summed E-state index contributed by atoms with van der Waals surface area (Å²) in [6, 6.07) is 0. The van der Waals surface area contributed by atoms with Crippen LogP contribution in [0.15, 0.2) is 0 Å². The maximum Gasteiger partial charge on any atom is 1.00 e. The first-order valence-corrected chi connectivity index (χ1v) is 4.99. The van der Waals surface area contributed by atoms with Gasteiger partial charge in [0.25, 0.3) is 0 Å². The minimum absolute atomic E-state index is 0. The summed E-state index contributed by atoms with van der Waals surface area (Å²) >= 11 is 0. The fourth-order valence-corrected chi connectivity index (χ4v) is 0.698. The molecule has 0 aromatic heterocycles. The smallest absolute Gasteiger partial charge is 0.780 e. The molecule has 0 aliphatic heterocycles. The number of rotatable bonds is 2. The van der Waals surface area contributed by atoms with Gasteiger partial charge in [-0.25, -0.2) is 4.79 Å². The number of carbonyl (C=O) groups is 1. The molecule has 0 saturated heterocycles. The van der Waals surface area contributed by atoms with Crippen LogP contribution in [-0.2, 0) is 52.3 Å². The van der Waals surface area contributed by atoms with E-state index in [0.29, 0.717) is 0 Å². The Morgan fingerprint density at radius 3 is 1.00 bits per heavy atom. The van der Waals surface area contributed by atoms with E-state index < -0.39 is 21.8 Å². The van der Waals surface area contributed by atoms with Gasteiger partial charge in [-0.15, -0.1) is 0 Å². The van der Waals surface area contributed by atoms with Crippen molar-refractivity contribution in [3.63, 3.8) is 0 Å². The van der Waals surface area contributed by atoms with Crippen LogP contribution >= 0.6 is 15.6 Å². The third-order valence-electron chi connectivity index (χ3n) is 0.373. The van der Waals surface area contributed by atoms with Crippen molar-refractivity contribution < 1.29 is 152 Å². The zero-order valence-corrected chi connectivity index (χ0v) is 13.8. The molecule has 0 aromatic rings. The fourth-order valence-electron chi connectivity index (χ4n) is 0.199. The zero-order valence-electron chi connectivity index (χ0n) is 9.78. The van der Waals surface area contributed by atoms with Gasteiger partial charge in [-0.3, -0.25) is 0 Å². The molecule has 0 radical (unpaired) electrons. The second-order valence-electron chi connectivity index (χ2n) is 1.33. The van der Waals surface area contributed by atoms with Gasteiger partial charge in [-0.05, 0) is 0 Å². The summed E-state index contributed by atoms with van der Waals surface area (Å²) in [5.74, 6) is 0. The SMILES string of the molecule is O=C(OP(=O)([O-])[O-])OP(=O)([O-])[O-].[Fe].[Fe].[Li+].[Li+].[Li+].[Li+]. The summed E-state index contributed by atoms with van der Waals surface area (Å²) in [6.45, 7) is 0. The van der Waals surface area contributed by atoms with Gasteiger partial charge < -0.3 is 37.8 Å². The fraction of sp³-hybridized carbons (Fsp3) is 0. The summed E-state index contributed by atoms with van der Waals surface area (Å²) in [7, 11) is -11.4. The van der Waals surface area contributed by atoms with Crippen molar-refractivity contribution in [1.29, 1.82) is 0 Å². The number of phosphoric ester groups is 2. The molecule has 0 aromatic carbocycles. The molecule has 0 bridgehead atoms. The van der Waals surface area contributed by atoms with Crippen LogP contribution in [0.3, 0.4) is 0 Å². The van der Waals surface area contributed by atoms with Crippen LogP contribution in [0.25, 0.3) is 0 Å². The Labute approximate surface area is 172 Å². The van der Waals surface area contributed by atoms with Crippen LogP contribution in [0.5, 0.6) is 0 Å². The Morgan fingerprint density at radius 1 is 0.722 bits per heavy atom. The molecule has 18 heavy (non-hydrogen) atoms. The second-order valence-corrected chi connectivity index (χ2v) is 3.48. The molecule has 88 valence electrons. The minimum atomic E-state index is -5.68. The average molecular weight is 357 g/mol. The van der Waals surface area contributed by atoms with Gasteiger partial charge >= 0.3 is 81.6 Å². The molecule has 17 heteroatoms. The van der Waals surface area contributed by atoms with Crippen LogP contribution in [-0.4, -0.2) is 6.16 Å². The van der Waals surface area contributed by atoms with Gasteiger partial charge in [0.2, 0.25) is 0 Å². The van der Waals surface area contributed by atoms with E-state index in [2.05, 4.69) is 9.05 Å². The molecule has 0 saturated carbocycles. The Bertz CT molecular complexity index is 250. The van der Waals surface area contributed by atoms with E-state index in [0.717, 1.165) is 0 Å². The zero-order chi connectivity index (χ0) is 9.99. The average Bonchev–Trinajstić information content (AvgIpc) is 1.49. The van der Waals surface area contributed by atoms with Crippen LogP contribution in [0.2, 0.25) is 0 Å². The molecule has 0 atom stereocenters. The molecule has 0 heterocycles. The third-order valence-corrected chi connectivity index (χ3v) is 1.12. The first-order valence-electron chi connectivity index (χ1n) is 2.07. The van der Waals surface area contributed by atoms with E-state index in [1.807, 2.05) is 0 Å². The Morgan fingerprint density at radius 2 is 0.889 bits per heavy atom. The first kappa shape index (κ1) is 42.9. The van der Waals surface area contributed by atoms with Crippen molar-refractivity contribution in [2.75, 3.05) is 0 Å². The van der Waals surface area contributed by atoms with Crippen molar-refractivity contribution in [3.05, 3.63) is 0 Å². The van der Waals surface area contributed by atoms with E-state index in [9.17, 15) is 33.5 Å². The van der Waals surface area contributed by atoms with Gasteiger partial charge in [-0.1, -0.05) is 0 Å². The molecule has 0 fully saturated rings. The second kappa shape index (κ2) is 18.0. The number of hydrogen-bond donors (Lipinski definition) is 0. The van der Waals surface area contributed by atoms with Crippen molar-refractivity contribution >= 4 is 21.8 Å². The van der Waals surface area contributed by atoms with E-state index in [1.54, 1.807) is 0 Å². The minimum Gasteiger partial charge on any atom is -0.780 e. The van der Waals surface area contributed by atoms with Gasteiger partial charge in [0.1, 0.15) is 15.6 Å². The van der Waals surface area contributed by atoms with Crippen molar-refractivity contribution in [2.24, 2.45) is 0 Å². The summed E-state index contributed by atoms with van der Waals surface area (Å²) < 4.78 is 24.8. The molecule has 0 N–H and O–H groups in total. The molecule has 0 rings (SSSR count). The summed E-state index contributed by atoms with van der Waals surface area (Å²) in [5.41, 5.74) is 0. The van der Waals surface area contributed by atoms with Crippen LogP contribution < -0.4 is 95.0 Å². The standard InChI is InChI=1S/CH4O9P2.2Fe.4Li/c2-1(9-11(3,4)5)10-12(6,7)8;;;;;;/h(H2,3,4,5)(H2,6,7,8);;;;;;/q;;;4*+1/p-4. The first-order chi connectivity index (χ1) is 5.10. The topological polar surface area (TPSA) is 162 Å². The number of phosphoric acid groups is 2. The van der Waals surface area contributed by atoms with E-state index in [-0.39, 0.29) is 110 Å². The molecule has 0 amide bonds. The van der Waals surface area contributed by atoms with Gasteiger partial charge in [0, 0.05) is 34.1 Å². The predicted molar refractivity (Wildman–Crippen MR) is 22.8 cm³/mol. The Kier molecular flexibility index (Phi) is 43.0. The van der Waals surface area contributed by atoms with Crippen molar-refractivity contribution in [2.45, 2.75) is 0 Å².